The first-order valence-electron chi connectivity index (χ1n) is 11.8. The van der Waals surface area contributed by atoms with Gasteiger partial charge in [0.05, 0.1) is 10.9 Å². The van der Waals surface area contributed by atoms with Crippen LogP contribution in [-0.2, 0) is 6.42 Å². The van der Waals surface area contributed by atoms with Crippen molar-refractivity contribution in [1.29, 1.82) is 0 Å². The Balaban J connectivity index is 1.41. The van der Waals surface area contributed by atoms with Crippen LogP contribution in [0.15, 0.2) is 111 Å². The highest BCUT2D eigenvalue weighted by atomic mass is 79.9. The molecule has 5 aromatic rings. The summed E-state index contributed by atoms with van der Waals surface area (Å²) in [5, 5.41) is 11.8. The Bertz CT molecular complexity index is 1580. The molecule has 0 radical (unpaired) electrons. The van der Waals surface area contributed by atoms with Crippen LogP contribution in [0.25, 0.3) is 22.1 Å². The van der Waals surface area contributed by atoms with Gasteiger partial charge in [-0.2, -0.15) is 0 Å². The molecule has 0 aliphatic heterocycles. The summed E-state index contributed by atoms with van der Waals surface area (Å²) in [5.41, 5.74) is 6.16. The lowest BCUT2D eigenvalue weighted by molar-refractivity contribution is 0.437. The van der Waals surface area contributed by atoms with Gasteiger partial charge >= 0.3 is 5.63 Å². The molecule has 0 saturated heterocycles. The van der Waals surface area contributed by atoms with Gasteiger partial charge < -0.3 is 9.52 Å². The largest absolute Gasteiger partial charge is 0.507 e. The zero-order valence-corrected chi connectivity index (χ0v) is 20.5. The molecule has 0 fully saturated rings. The first-order valence-corrected chi connectivity index (χ1v) is 12.6. The van der Waals surface area contributed by atoms with Crippen LogP contribution in [0.2, 0.25) is 0 Å². The van der Waals surface area contributed by atoms with E-state index in [1.807, 2.05) is 30.3 Å². The summed E-state index contributed by atoms with van der Waals surface area (Å²) in [6.07, 6.45) is 1.62. The van der Waals surface area contributed by atoms with Gasteiger partial charge in [0.25, 0.3) is 0 Å². The van der Waals surface area contributed by atoms with E-state index in [4.69, 9.17) is 4.42 Å². The number of benzene rings is 4. The van der Waals surface area contributed by atoms with Crippen LogP contribution < -0.4 is 5.63 Å². The minimum Gasteiger partial charge on any atom is -0.507 e. The molecule has 0 saturated carbocycles. The third-order valence-electron chi connectivity index (χ3n) is 7.15. The number of hydrogen-bond acceptors (Lipinski definition) is 3. The first-order chi connectivity index (χ1) is 17.1. The number of rotatable bonds is 3. The van der Waals surface area contributed by atoms with Crippen molar-refractivity contribution in [2.24, 2.45) is 0 Å². The lowest BCUT2D eigenvalue weighted by Gasteiger charge is -2.32. The fourth-order valence-corrected chi connectivity index (χ4v) is 5.66. The van der Waals surface area contributed by atoms with Gasteiger partial charge in [0.2, 0.25) is 0 Å². The molecule has 35 heavy (non-hydrogen) atoms. The summed E-state index contributed by atoms with van der Waals surface area (Å²) < 4.78 is 6.70. The van der Waals surface area contributed by atoms with Crippen molar-refractivity contribution >= 4 is 26.9 Å². The highest BCUT2D eigenvalue weighted by Gasteiger charge is 2.33. The van der Waals surface area contributed by atoms with Crippen molar-refractivity contribution < 1.29 is 9.52 Å². The van der Waals surface area contributed by atoms with Gasteiger partial charge in [-0.15, -0.1) is 0 Å². The van der Waals surface area contributed by atoms with Gasteiger partial charge in [0.1, 0.15) is 11.3 Å². The fourth-order valence-electron chi connectivity index (χ4n) is 5.39. The van der Waals surface area contributed by atoms with Crippen LogP contribution in [-0.4, -0.2) is 5.11 Å². The SMILES string of the molecule is O=c1oc2ccccc2c(O)c1[C@H]1C[C@H](c2ccc(-c3ccc(Br)cc3)cc2)Cc2ccccc21. The average molecular weight is 523 g/mol. The van der Waals surface area contributed by atoms with Gasteiger partial charge in [0, 0.05) is 10.4 Å². The molecule has 1 aliphatic rings. The standard InChI is InChI=1S/C31H23BrO3/c32-24-15-13-20(14-16-24)19-9-11-21(12-10-19)23-17-22-5-1-2-6-25(22)27(18-23)29-30(33)26-7-3-4-8-28(26)35-31(29)34/h1-16,23,27,33H,17-18H2/t23-,27+/m1/s1. The molecule has 0 amide bonds. The van der Waals surface area contributed by atoms with Crippen LogP contribution in [0.3, 0.4) is 0 Å². The second-order valence-electron chi connectivity index (χ2n) is 9.17. The van der Waals surface area contributed by atoms with Crippen LogP contribution in [0, 0.1) is 0 Å². The molecule has 0 unspecified atom stereocenters. The topological polar surface area (TPSA) is 50.4 Å². The molecular weight excluding hydrogens is 500 g/mol. The summed E-state index contributed by atoms with van der Waals surface area (Å²) in [7, 11) is 0. The van der Waals surface area contributed by atoms with Crippen molar-refractivity contribution in [3.63, 3.8) is 0 Å². The predicted octanol–water partition coefficient (Wildman–Crippen LogP) is 7.79. The number of halogens is 1. The van der Waals surface area contributed by atoms with E-state index < -0.39 is 5.63 Å². The molecule has 4 heteroatoms. The van der Waals surface area contributed by atoms with Crippen molar-refractivity contribution in [2.45, 2.75) is 24.7 Å². The van der Waals surface area contributed by atoms with Crippen molar-refractivity contribution in [2.75, 3.05) is 0 Å². The summed E-state index contributed by atoms with van der Waals surface area (Å²) in [6, 6.07) is 32.4. The quantitative estimate of drug-likeness (QED) is 0.246. The van der Waals surface area contributed by atoms with E-state index in [1.54, 1.807) is 18.2 Å². The predicted molar refractivity (Wildman–Crippen MR) is 143 cm³/mol. The Morgan fingerprint density at radius 1 is 0.800 bits per heavy atom. The average Bonchev–Trinajstić information content (AvgIpc) is 2.89. The maximum Gasteiger partial charge on any atom is 0.343 e. The molecule has 1 N–H and O–H groups in total. The lowest BCUT2D eigenvalue weighted by Crippen LogP contribution is -2.23. The van der Waals surface area contributed by atoms with Gasteiger partial charge in [-0.05, 0) is 70.8 Å². The van der Waals surface area contributed by atoms with Crippen molar-refractivity contribution in [3.05, 3.63) is 134 Å². The van der Waals surface area contributed by atoms with E-state index in [0.29, 0.717) is 16.5 Å². The van der Waals surface area contributed by atoms with Gasteiger partial charge in [-0.3, -0.25) is 0 Å². The minimum atomic E-state index is -0.466. The smallest absolute Gasteiger partial charge is 0.343 e. The molecule has 4 aromatic carbocycles. The maximum atomic E-state index is 13.1. The van der Waals surface area contributed by atoms with Gasteiger partial charge in [-0.25, -0.2) is 4.79 Å². The Morgan fingerprint density at radius 2 is 1.46 bits per heavy atom. The third kappa shape index (κ3) is 3.98. The Morgan fingerprint density at radius 3 is 2.23 bits per heavy atom. The van der Waals surface area contributed by atoms with E-state index in [-0.39, 0.29) is 17.6 Å². The van der Waals surface area contributed by atoms with Crippen LogP contribution in [0.4, 0.5) is 0 Å². The molecule has 0 bridgehead atoms. The lowest BCUT2D eigenvalue weighted by atomic mass is 9.72. The van der Waals surface area contributed by atoms with Crippen LogP contribution >= 0.6 is 15.9 Å². The van der Waals surface area contributed by atoms with E-state index in [2.05, 4.69) is 64.5 Å². The molecule has 1 aliphatic carbocycles. The first kappa shape index (κ1) is 21.9. The zero-order valence-electron chi connectivity index (χ0n) is 18.9. The molecule has 2 atom stereocenters. The second-order valence-corrected chi connectivity index (χ2v) is 10.1. The third-order valence-corrected chi connectivity index (χ3v) is 7.67. The monoisotopic (exact) mass is 522 g/mol. The number of fused-ring (bicyclic) bond motifs is 2. The number of hydrogen-bond donors (Lipinski definition) is 1. The van der Waals surface area contributed by atoms with Gasteiger partial charge in [0.15, 0.2) is 0 Å². The van der Waals surface area contributed by atoms with Crippen molar-refractivity contribution in [1.82, 2.24) is 0 Å². The summed E-state index contributed by atoms with van der Waals surface area (Å²) in [4.78, 5) is 13.1. The number of aromatic hydroxyl groups is 1. The Hall–Kier alpha value is -3.63. The summed E-state index contributed by atoms with van der Waals surface area (Å²) in [6.45, 7) is 0. The second kappa shape index (κ2) is 8.86. The molecule has 6 rings (SSSR count). The molecule has 0 spiro atoms. The van der Waals surface area contributed by atoms with E-state index >= 15 is 0 Å². The molecule has 1 heterocycles. The summed E-state index contributed by atoms with van der Waals surface area (Å²) >= 11 is 3.50. The van der Waals surface area contributed by atoms with E-state index in [9.17, 15) is 9.90 Å². The minimum absolute atomic E-state index is 0.0305. The maximum absolute atomic E-state index is 13.1. The summed E-state index contributed by atoms with van der Waals surface area (Å²) in [5.74, 6) is 0.0129. The molecule has 3 nitrogen and oxygen atoms in total. The molecular formula is C31H23BrO3. The fraction of sp³-hybridized carbons (Fsp3) is 0.129. The normalized spacial score (nSPS) is 17.3. The Kier molecular flexibility index (Phi) is 5.54. The highest BCUT2D eigenvalue weighted by Crippen LogP contribution is 2.45. The highest BCUT2D eigenvalue weighted by molar-refractivity contribution is 9.10. The van der Waals surface area contributed by atoms with E-state index in [1.165, 1.54) is 22.3 Å². The van der Waals surface area contributed by atoms with E-state index in [0.717, 1.165) is 22.9 Å². The van der Waals surface area contributed by atoms with Crippen LogP contribution in [0.5, 0.6) is 5.75 Å². The Labute approximate surface area is 211 Å². The zero-order chi connectivity index (χ0) is 23.9. The number of para-hydroxylation sites is 1. The van der Waals surface area contributed by atoms with Gasteiger partial charge in [-0.1, -0.05) is 88.7 Å². The molecule has 172 valence electrons. The van der Waals surface area contributed by atoms with Crippen molar-refractivity contribution in [3.8, 4) is 16.9 Å². The molecule has 1 aromatic heterocycles. The van der Waals surface area contributed by atoms with Crippen LogP contribution in [0.1, 0.15) is 40.5 Å².